The van der Waals surface area contributed by atoms with Gasteiger partial charge in [-0.2, -0.15) is 0 Å². The molecule has 0 aliphatic carbocycles. The first-order valence-corrected chi connectivity index (χ1v) is 3.82. The Balaban J connectivity index is 4.19. The molecule has 0 amide bonds. The Morgan fingerprint density at radius 3 is 2.50 bits per heavy atom. The van der Waals surface area contributed by atoms with E-state index in [1.165, 1.54) is 0 Å². The van der Waals surface area contributed by atoms with Gasteiger partial charge in [-0.1, -0.05) is 18.1 Å². The topological polar surface area (TPSA) is 20.2 Å². The molecule has 0 heterocycles. The normalized spacial score (nSPS) is 14.0. The second-order valence-corrected chi connectivity index (χ2v) is 3.01. The van der Waals surface area contributed by atoms with Crippen LogP contribution in [0.1, 0.15) is 26.2 Å². The smallest absolute Gasteiger partial charge is 0.129 e. The molecule has 0 spiro atoms. The van der Waals surface area contributed by atoms with E-state index in [1.807, 2.05) is 6.92 Å². The molecule has 0 radical (unpaired) electrons. The molecule has 1 heteroatoms. The van der Waals surface area contributed by atoms with Crippen LogP contribution in [0.15, 0.2) is 12.2 Å². The van der Waals surface area contributed by atoms with E-state index >= 15 is 0 Å². The van der Waals surface area contributed by atoms with Crippen molar-refractivity contribution in [2.24, 2.45) is 0 Å². The molecule has 0 rings (SSSR count). The highest BCUT2D eigenvalue weighted by molar-refractivity contribution is 5.14. The average molecular weight is 162 g/mol. The van der Waals surface area contributed by atoms with Gasteiger partial charge in [0.2, 0.25) is 0 Å². The zero-order valence-corrected chi connectivity index (χ0v) is 7.43. The van der Waals surface area contributed by atoms with E-state index in [9.17, 15) is 5.11 Å². The predicted octanol–water partition coefficient (Wildman–Crippen LogP) is 1.73. The average Bonchev–Trinajstić information content (AvgIpc) is 2.00. The highest BCUT2D eigenvalue weighted by atomic mass is 16.3. The van der Waals surface area contributed by atoms with Gasteiger partial charge in [-0.25, -0.2) is 0 Å². The summed E-state index contributed by atoms with van der Waals surface area (Å²) in [7, 11) is 0. The number of terminal acetylenes is 2. The Morgan fingerprint density at radius 2 is 2.17 bits per heavy atom. The Morgan fingerprint density at radius 1 is 1.58 bits per heavy atom. The third-order valence-electron chi connectivity index (χ3n) is 1.55. The number of hydrogen-bond donors (Lipinski definition) is 1. The Labute approximate surface area is 74.5 Å². The summed E-state index contributed by atoms with van der Waals surface area (Å²) in [4.78, 5) is 0. The standard InChI is InChI=1S/C11H14O/c1-5-7-8-11(12,6-2)9-10(3)4/h1-2,12H,3,7-9H2,4H3. The van der Waals surface area contributed by atoms with Gasteiger partial charge in [0.15, 0.2) is 0 Å². The van der Waals surface area contributed by atoms with E-state index < -0.39 is 5.60 Å². The number of hydrogen-bond acceptors (Lipinski definition) is 1. The maximum atomic E-state index is 9.73. The van der Waals surface area contributed by atoms with Gasteiger partial charge in [-0.05, 0) is 13.3 Å². The van der Waals surface area contributed by atoms with Crippen LogP contribution in [0.4, 0.5) is 0 Å². The lowest BCUT2D eigenvalue weighted by Crippen LogP contribution is -2.26. The molecule has 0 saturated carbocycles. The lowest BCUT2D eigenvalue weighted by molar-refractivity contribution is 0.0941. The summed E-state index contributed by atoms with van der Waals surface area (Å²) < 4.78 is 0. The van der Waals surface area contributed by atoms with Crippen molar-refractivity contribution in [2.45, 2.75) is 31.8 Å². The van der Waals surface area contributed by atoms with E-state index in [2.05, 4.69) is 18.4 Å². The van der Waals surface area contributed by atoms with Crippen LogP contribution in [0.2, 0.25) is 0 Å². The van der Waals surface area contributed by atoms with Crippen LogP contribution in [0.3, 0.4) is 0 Å². The minimum absolute atomic E-state index is 0.422. The zero-order chi connectivity index (χ0) is 9.61. The van der Waals surface area contributed by atoms with Crippen molar-refractivity contribution in [1.82, 2.24) is 0 Å². The molecule has 0 aromatic carbocycles. The molecule has 0 fully saturated rings. The van der Waals surface area contributed by atoms with Crippen molar-refractivity contribution in [3.8, 4) is 24.7 Å². The predicted molar refractivity (Wildman–Crippen MR) is 51.3 cm³/mol. The molecule has 12 heavy (non-hydrogen) atoms. The summed E-state index contributed by atoms with van der Waals surface area (Å²) in [6, 6.07) is 0. The zero-order valence-electron chi connectivity index (χ0n) is 7.43. The second kappa shape index (κ2) is 4.65. The molecule has 0 aliphatic heterocycles. The van der Waals surface area contributed by atoms with E-state index in [-0.39, 0.29) is 0 Å². The molecule has 0 aromatic rings. The summed E-state index contributed by atoms with van der Waals surface area (Å²) >= 11 is 0. The van der Waals surface area contributed by atoms with Crippen LogP contribution < -0.4 is 0 Å². The molecule has 0 aliphatic rings. The Kier molecular flexibility index (Phi) is 4.19. The largest absolute Gasteiger partial charge is 0.377 e. The van der Waals surface area contributed by atoms with Crippen molar-refractivity contribution in [1.29, 1.82) is 0 Å². The molecule has 0 bridgehead atoms. The van der Waals surface area contributed by atoms with Crippen LogP contribution in [0, 0.1) is 24.7 Å². The third-order valence-corrected chi connectivity index (χ3v) is 1.55. The fourth-order valence-corrected chi connectivity index (χ4v) is 0.990. The molecule has 64 valence electrons. The summed E-state index contributed by atoms with van der Waals surface area (Å²) in [6.45, 7) is 5.52. The first-order chi connectivity index (χ1) is 5.54. The quantitative estimate of drug-likeness (QED) is 0.493. The van der Waals surface area contributed by atoms with Gasteiger partial charge in [0.05, 0.1) is 0 Å². The van der Waals surface area contributed by atoms with Crippen LogP contribution in [0.5, 0.6) is 0 Å². The van der Waals surface area contributed by atoms with Gasteiger partial charge in [0, 0.05) is 12.8 Å². The fourth-order valence-electron chi connectivity index (χ4n) is 0.990. The van der Waals surface area contributed by atoms with Gasteiger partial charge in [-0.3, -0.25) is 0 Å². The second-order valence-electron chi connectivity index (χ2n) is 3.01. The summed E-state index contributed by atoms with van der Waals surface area (Å²) in [6.07, 6.45) is 11.6. The van der Waals surface area contributed by atoms with Crippen molar-refractivity contribution in [2.75, 3.05) is 0 Å². The summed E-state index contributed by atoms with van der Waals surface area (Å²) in [5.41, 5.74) is -0.231. The summed E-state index contributed by atoms with van der Waals surface area (Å²) in [5.74, 6) is 4.79. The lowest BCUT2D eigenvalue weighted by atomic mass is 9.92. The van der Waals surface area contributed by atoms with Gasteiger partial charge >= 0.3 is 0 Å². The number of aliphatic hydroxyl groups is 1. The Hall–Kier alpha value is -1.18. The van der Waals surface area contributed by atoms with Gasteiger partial charge in [0.25, 0.3) is 0 Å². The SMILES string of the molecule is C#CCCC(O)(C#C)CC(=C)C. The van der Waals surface area contributed by atoms with E-state index in [4.69, 9.17) is 12.8 Å². The van der Waals surface area contributed by atoms with E-state index in [0.29, 0.717) is 19.3 Å². The monoisotopic (exact) mass is 162 g/mol. The molecular weight excluding hydrogens is 148 g/mol. The van der Waals surface area contributed by atoms with Gasteiger partial charge in [0.1, 0.15) is 5.60 Å². The highest BCUT2D eigenvalue weighted by Gasteiger charge is 2.22. The molecule has 1 atom stereocenters. The van der Waals surface area contributed by atoms with E-state index in [1.54, 1.807) is 0 Å². The van der Waals surface area contributed by atoms with Crippen molar-refractivity contribution in [3.63, 3.8) is 0 Å². The molecule has 0 saturated heterocycles. The van der Waals surface area contributed by atoms with Crippen molar-refractivity contribution in [3.05, 3.63) is 12.2 Å². The maximum Gasteiger partial charge on any atom is 0.129 e. The first-order valence-electron chi connectivity index (χ1n) is 3.82. The van der Waals surface area contributed by atoms with Gasteiger partial charge in [-0.15, -0.1) is 18.8 Å². The van der Waals surface area contributed by atoms with Crippen LogP contribution in [-0.4, -0.2) is 10.7 Å². The Bertz CT molecular complexity index is 239. The summed E-state index contributed by atoms with van der Waals surface area (Å²) in [5, 5.41) is 9.73. The third kappa shape index (κ3) is 3.86. The molecule has 1 unspecified atom stereocenters. The maximum absolute atomic E-state index is 9.73. The molecular formula is C11H14O. The van der Waals surface area contributed by atoms with Crippen LogP contribution in [0.25, 0.3) is 0 Å². The fraction of sp³-hybridized carbons (Fsp3) is 0.455. The van der Waals surface area contributed by atoms with Crippen LogP contribution >= 0.6 is 0 Å². The molecule has 0 aromatic heterocycles. The minimum Gasteiger partial charge on any atom is -0.377 e. The van der Waals surface area contributed by atoms with E-state index in [0.717, 1.165) is 5.57 Å². The first kappa shape index (κ1) is 10.8. The number of rotatable bonds is 4. The van der Waals surface area contributed by atoms with Crippen molar-refractivity contribution >= 4 is 0 Å². The highest BCUT2D eigenvalue weighted by Crippen LogP contribution is 2.19. The minimum atomic E-state index is -1.10. The molecule has 1 nitrogen and oxygen atoms in total. The lowest BCUT2D eigenvalue weighted by Gasteiger charge is -2.20. The molecule has 1 N–H and O–H groups in total. The van der Waals surface area contributed by atoms with Gasteiger partial charge < -0.3 is 5.11 Å². The van der Waals surface area contributed by atoms with Crippen LogP contribution in [-0.2, 0) is 0 Å². The van der Waals surface area contributed by atoms with Crippen molar-refractivity contribution < 1.29 is 5.11 Å².